The Balaban J connectivity index is 1.46. The number of hydrogen-bond acceptors (Lipinski definition) is 4. The minimum atomic E-state index is 0.876. The van der Waals surface area contributed by atoms with E-state index in [2.05, 4.69) is 25.0 Å². The van der Waals surface area contributed by atoms with Crippen molar-refractivity contribution in [3.8, 4) is 17.2 Å². The summed E-state index contributed by atoms with van der Waals surface area (Å²) in [5.41, 5.74) is 3.06. The number of nitrogens with zero attached hydrogens (tertiary/aromatic N) is 5. The van der Waals surface area contributed by atoms with Crippen molar-refractivity contribution in [3.05, 3.63) is 79.5 Å². The van der Waals surface area contributed by atoms with Crippen LogP contribution in [0.2, 0.25) is 0 Å². The van der Waals surface area contributed by atoms with Crippen LogP contribution in [0.5, 0.6) is 0 Å². The molecule has 0 radical (unpaired) electrons. The van der Waals surface area contributed by atoms with Crippen molar-refractivity contribution in [2.45, 2.75) is 13.0 Å². The van der Waals surface area contributed by atoms with Gasteiger partial charge in [0.15, 0.2) is 5.82 Å². The Kier molecular flexibility index (Phi) is 4.73. The van der Waals surface area contributed by atoms with Crippen LogP contribution in [0.1, 0.15) is 6.42 Å². The maximum absolute atomic E-state index is 4.55. The maximum Gasteiger partial charge on any atom is 0.158 e. The molecule has 0 unspecified atom stereocenters. The van der Waals surface area contributed by atoms with E-state index in [1.807, 2.05) is 78.0 Å². The topological polar surface area (TPSA) is 60.6 Å². The number of anilines is 1. The number of aromatic nitrogens is 5. The quantitative estimate of drug-likeness (QED) is 0.520. The van der Waals surface area contributed by atoms with Gasteiger partial charge in [-0.25, -0.2) is 9.67 Å². The van der Waals surface area contributed by atoms with Gasteiger partial charge in [0.1, 0.15) is 5.69 Å². The van der Waals surface area contributed by atoms with Crippen LogP contribution in [0.3, 0.4) is 0 Å². The van der Waals surface area contributed by atoms with Gasteiger partial charge in [0.2, 0.25) is 0 Å². The van der Waals surface area contributed by atoms with Gasteiger partial charge >= 0.3 is 0 Å². The largest absolute Gasteiger partial charge is 0.384 e. The molecule has 0 saturated carbocycles. The minimum absolute atomic E-state index is 0.876. The molecular weight excluding hydrogens is 324 g/mol. The van der Waals surface area contributed by atoms with Gasteiger partial charge in [-0.3, -0.25) is 4.98 Å². The van der Waals surface area contributed by atoms with Crippen molar-refractivity contribution >= 4 is 5.69 Å². The number of pyridine rings is 1. The fourth-order valence-corrected chi connectivity index (χ4v) is 2.92. The van der Waals surface area contributed by atoms with Crippen LogP contribution in [-0.2, 0) is 6.54 Å². The average molecular weight is 344 g/mol. The predicted octanol–water partition coefficient (Wildman–Crippen LogP) is 3.63. The molecule has 130 valence electrons. The Labute approximate surface area is 152 Å². The highest BCUT2D eigenvalue weighted by molar-refractivity contribution is 5.54. The molecule has 6 heteroatoms. The van der Waals surface area contributed by atoms with Crippen molar-refractivity contribution in [1.82, 2.24) is 24.3 Å². The Morgan fingerprint density at radius 1 is 0.923 bits per heavy atom. The third-order valence-corrected chi connectivity index (χ3v) is 4.15. The van der Waals surface area contributed by atoms with E-state index in [9.17, 15) is 0 Å². The van der Waals surface area contributed by atoms with Crippen molar-refractivity contribution < 1.29 is 0 Å². The Hall–Kier alpha value is -3.41. The highest BCUT2D eigenvalue weighted by Crippen LogP contribution is 2.21. The number of nitrogens with one attached hydrogen (secondary N) is 1. The Morgan fingerprint density at radius 3 is 2.69 bits per heavy atom. The third kappa shape index (κ3) is 3.49. The number of para-hydroxylation sites is 1. The lowest BCUT2D eigenvalue weighted by Gasteiger charge is -2.11. The van der Waals surface area contributed by atoms with Crippen molar-refractivity contribution in [2.75, 3.05) is 11.9 Å². The number of aryl methyl sites for hydroxylation is 1. The monoisotopic (exact) mass is 344 g/mol. The first-order valence-corrected chi connectivity index (χ1v) is 8.67. The summed E-state index contributed by atoms with van der Waals surface area (Å²) in [6, 6.07) is 16.1. The predicted molar refractivity (Wildman–Crippen MR) is 102 cm³/mol. The summed E-state index contributed by atoms with van der Waals surface area (Å²) >= 11 is 0. The second kappa shape index (κ2) is 7.65. The summed E-state index contributed by atoms with van der Waals surface area (Å²) in [6.07, 6.45) is 10.3. The minimum Gasteiger partial charge on any atom is -0.384 e. The Bertz CT molecular complexity index is 943. The lowest BCUT2D eigenvalue weighted by molar-refractivity contribution is 0.663. The normalized spacial score (nSPS) is 10.8. The first kappa shape index (κ1) is 16.1. The maximum atomic E-state index is 4.55. The van der Waals surface area contributed by atoms with Crippen LogP contribution >= 0.6 is 0 Å². The molecule has 0 saturated heterocycles. The molecule has 0 fully saturated rings. The van der Waals surface area contributed by atoms with Crippen molar-refractivity contribution in [3.63, 3.8) is 0 Å². The van der Waals surface area contributed by atoms with Crippen LogP contribution < -0.4 is 5.32 Å². The average Bonchev–Trinajstić information content (AvgIpc) is 3.36. The van der Waals surface area contributed by atoms with Gasteiger partial charge in [0.25, 0.3) is 0 Å². The molecule has 0 amide bonds. The summed E-state index contributed by atoms with van der Waals surface area (Å²) < 4.78 is 4.09. The van der Waals surface area contributed by atoms with Gasteiger partial charge in [-0.15, -0.1) is 0 Å². The van der Waals surface area contributed by atoms with Gasteiger partial charge in [-0.2, -0.15) is 5.10 Å². The van der Waals surface area contributed by atoms with Gasteiger partial charge in [-0.1, -0.05) is 18.2 Å². The van der Waals surface area contributed by atoms with Crippen LogP contribution in [0.4, 0.5) is 5.69 Å². The number of imidazole rings is 1. The van der Waals surface area contributed by atoms with Gasteiger partial charge in [-0.05, 0) is 36.8 Å². The number of hydrogen-bond donors (Lipinski definition) is 1. The molecule has 3 heterocycles. The van der Waals surface area contributed by atoms with Crippen molar-refractivity contribution in [1.29, 1.82) is 0 Å². The highest BCUT2D eigenvalue weighted by atomic mass is 15.3. The number of rotatable bonds is 7. The SMILES string of the molecule is c1ccc(-n2nccc2-c2nccn2CCCNc2cccnc2)cc1. The zero-order valence-electron chi connectivity index (χ0n) is 14.4. The summed E-state index contributed by atoms with van der Waals surface area (Å²) in [4.78, 5) is 8.67. The molecule has 6 nitrogen and oxygen atoms in total. The summed E-state index contributed by atoms with van der Waals surface area (Å²) in [6.45, 7) is 1.75. The van der Waals surface area contributed by atoms with Crippen LogP contribution in [0.25, 0.3) is 17.2 Å². The van der Waals surface area contributed by atoms with Crippen molar-refractivity contribution in [2.24, 2.45) is 0 Å². The van der Waals surface area contributed by atoms with E-state index in [0.29, 0.717) is 0 Å². The smallest absolute Gasteiger partial charge is 0.158 e. The second-order valence-corrected chi connectivity index (χ2v) is 5.93. The molecule has 0 bridgehead atoms. The van der Waals surface area contributed by atoms with E-state index in [1.165, 1.54) is 0 Å². The molecule has 3 aromatic heterocycles. The summed E-state index contributed by atoms with van der Waals surface area (Å²) in [5, 5.41) is 7.85. The van der Waals surface area contributed by atoms with E-state index in [0.717, 1.165) is 42.4 Å². The van der Waals surface area contributed by atoms with E-state index in [4.69, 9.17) is 0 Å². The fraction of sp³-hybridized carbons (Fsp3) is 0.150. The molecule has 0 aliphatic heterocycles. The first-order chi connectivity index (χ1) is 12.9. The van der Waals surface area contributed by atoms with E-state index >= 15 is 0 Å². The Morgan fingerprint density at radius 2 is 1.85 bits per heavy atom. The fourth-order valence-electron chi connectivity index (χ4n) is 2.92. The molecular formula is C20H20N6. The molecule has 4 rings (SSSR count). The second-order valence-electron chi connectivity index (χ2n) is 5.93. The van der Waals surface area contributed by atoms with E-state index in [1.54, 1.807) is 6.20 Å². The molecule has 1 aromatic carbocycles. The van der Waals surface area contributed by atoms with Crippen LogP contribution in [-0.4, -0.2) is 30.9 Å². The van der Waals surface area contributed by atoms with Crippen LogP contribution in [0, 0.1) is 0 Å². The van der Waals surface area contributed by atoms with E-state index < -0.39 is 0 Å². The summed E-state index contributed by atoms with van der Waals surface area (Å²) in [7, 11) is 0. The molecule has 1 N–H and O–H groups in total. The van der Waals surface area contributed by atoms with Gasteiger partial charge < -0.3 is 9.88 Å². The highest BCUT2D eigenvalue weighted by Gasteiger charge is 2.12. The first-order valence-electron chi connectivity index (χ1n) is 8.67. The molecule has 26 heavy (non-hydrogen) atoms. The third-order valence-electron chi connectivity index (χ3n) is 4.15. The van der Waals surface area contributed by atoms with E-state index in [-0.39, 0.29) is 0 Å². The lowest BCUT2D eigenvalue weighted by atomic mass is 10.3. The van der Waals surface area contributed by atoms with Gasteiger partial charge in [0.05, 0.1) is 17.6 Å². The lowest BCUT2D eigenvalue weighted by Crippen LogP contribution is -2.09. The molecule has 0 atom stereocenters. The standard InChI is InChI=1S/C20H20N6/c1-2-7-18(8-3-1)26-19(9-12-24-26)20-23-13-15-25(20)14-5-11-22-17-6-4-10-21-16-17/h1-4,6-10,12-13,15-16,22H,5,11,14H2. The molecule has 0 aliphatic rings. The number of benzene rings is 1. The molecule has 0 spiro atoms. The van der Waals surface area contributed by atoms with Crippen LogP contribution in [0.15, 0.2) is 79.5 Å². The van der Waals surface area contributed by atoms with Gasteiger partial charge in [0, 0.05) is 37.9 Å². The molecule has 4 aromatic rings. The zero-order chi connectivity index (χ0) is 17.6. The zero-order valence-corrected chi connectivity index (χ0v) is 14.4. The summed E-state index contributed by atoms with van der Waals surface area (Å²) in [5.74, 6) is 0.924. The molecule has 0 aliphatic carbocycles.